The lowest BCUT2D eigenvalue weighted by molar-refractivity contribution is -0.384. The number of hydrogen-bond acceptors (Lipinski definition) is 6. The number of hydrogen-bond donors (Lipinski definition) is 3. The molecular weight excluding hydrogens is 366 g/mol. The molecule has 0 aliphatic rings. The molecular formula is C23H51N3O3. The van der Waals surface area contributed by atoms with Crippen molar-refractivity contribution < 1.29 is 14.2 Å². The van der Waals surface area contributed by atoms with Crippen LogP contribution in [0.1, 0.15) is 86.0 Å². The molecule has 0 saturated heterocycles. The van der Waals surface area contributed by atoms with Crippen LogP contribution in [0, 0.1) is 5.92 Å². The number of nitrogens with one attached hydrogen (secondary N) is 2. The molecule has 2 unspecified atom stereocenters. The molecule has 0 aromatic carbocycles. The first-order chi connectivity index (χ1) is 14.1. The van der Waals surface area contributed by atoms with E-state index in [-0.39, 0.29) is 0 Å². The van der Waals surface area contributed by atoms with E-state index in [2.05, 4.69) is 24.5 Å². The largest absolute Gasteiger partial charge is 0.329 e. The van der Waals surface area contributed by atoms with E-state index in [0.717, 1.165) is 32.5 Å². The molecule has 0 aromatic heterocycles. The van der Waals surface area contributed by atoms with Crippen molar-refractivity contribution in [3.8, 4) is 0 Å². The summed E-state index contributed by atoms with van der Waals surface area (Å²) < 4.78 is 18.0. The molecule has 0 fully saturated rings. The van der Waals surface area contributed by atoms with Gasteiger partial charge in [0.15, 0.2) is 0 Å². The predicted molar refractivity (Wildman–Crippen MR) is 123 cm³/mol. The zero-order chi connectivity index (χ0) is 21.8. The van der Waals surface area contributed by atoms with E-state index in [1.165, 1.54) is 38.5 Å². The summed E-state index contributed by atoms with van der Waals surface area (Å²) in [6.07, 6.45) is 9.58. The van der Waals surface area contributed by atoms with Gasteiger partial charge in [-0.25, -0.2) is 0 Å². The number of rotatable bonds is 22. The number of unbranched alkanes of at least 4 members (excludes halogenated alkanes) is 4. The highest BCUT2D eigenvalue weighted by atomic mass is 16.9. The first-order valence-corrected chi connectivity index (χ1v) is 12.1. The van der Waals surface area contributed by atoms with Crippen LogP contribution in [0.2, 0.25) is 0 Å². The zero-order valence-corrected chi connectivity index (χ0v) is 20.1. The Morgan fingerprint density at radius 2 is 1.45 bits per heavy atom. The quantitative estimate of drug-likeness (QED) is 0.182. The van der Waals surface area contributed by atoms with E-state index in [9.17, 15) is 0 Å². The molecule has 0 saturated carbocycles. The van der Waals surface area contributed by atoms with Gasteiger partial charge < -0.3 is 30.6 Å². The molecule has 0 aromatic rings. The average molecular weight is 418 g/mol. The van der Waals surface area contributed by atoms with Crippen LogP contribution in [0.5, 0.6) is 0 Å². The van der Waals surface area contributed by atoms with Crippen LogP contribution >= 0.6 is 0 Å². The third kappa shape index (κ3) is 15.2. The monoisotopic (exact) mass is 417 g/mol. The van der Waals surface area contributed by atoms with Crippen molar-refractivity contribution in [1.82, 2.24) is 10.6 Å². The second kappa shape index (κ2) is 19.7. The summed E-state index contributed by atoms with van der Waals surface area (Å²) in [6, 6.07) is 0.442. The van der Waals surface area contributed by atoms with Gasteiger partial charge in [0, 0.05) is 58.5 Å². The van der Waals surface area contributed by atoms with Gasteiger partial charge in [-0.05, 0) is 40.0 Å². The SMILES string of the molecule is CCCCCCCC(CC(C)NCCNCCN)CC(OCC)(OCC)OCC. The Labute approximate surface area is 181 Å². The molecule has 0 aliphatic heterocycles. The van der Waals surface area contributed by atoms with E-state index in [1.807, 2.05) is 20.8 Å². The molecule has 0 rings (SSSR count). The van der Waals surface area contributed by atoms with Gasteiger partial charge in [0.25, 0.3) is 5.97 Å². The Morgan fingerprint density at radius 3 is 2.00 bits per heavy atom. The molecule has 6 nitrogen and oxygen atoms in total. The normalized spacial score (nSPS) is 14.3. The van der Waals surface area contributed by atoms with Crippen LogP contribution in [-0.2, 0) is 14.2 Å². The topological polar surface area (TPSA) is 77.8 Å². The fraction of sp³-hybridized carbons (Fsp3) is 1.00. The molecule has 4 N–H and O–H groups in total. The van der Waals surface area contributed by atoms with E-state index >= 15 is 0 Å². The maximum Gasteiger partial charge on any atom is 0.283 e. The minimum absolute atomic E-state index is 0.442. The van der Waals surface area contributed by atoms with Crippen molar-refractivity contribution in [3.05, 3.63) is 0 Å². The minimum Gasteiger partial charge on any atom is -0.329 e. The van der Waals surface area contributed by atoms with Crippen molar-refractivity contribution in [2.75, 3.05) is 46.0 Å². The van der Waals surface area contributed by atoms with E-state index in [1.54, 1.807) is 0 Å². The molecule has 0 bridgehead atoms. The van der Waals surface area contributed by atoms with E-state index in [4.69, 9.17) is 19.9 Å². The lowest BCUT2D eigenvalue weighted by atomic mass is 9.90. The molecule has 176 valence electrons. The number of ether oxygens (including phenoxy) is 3. The molecule has 0 heterocycles. The first kappa shape index (κ1) is 28.8. The lowest BCUT2D eigenvalue weighted by Gasteiger charge is -2.36. The van der Waals surface area contributed by atoms with Gasteiger partial charge in [-0.15, -0.1) is 0 Å². The maximum absolute atomic E-state index is 6.01. The Hall–Kier alpha value is -0.240. The van der Waals surface area contributed by atoms with Crippen LogP contribution in [0.4, 0.5) is 0 Å². The fourth-order valence-corrected chi connectivity index (χ4v) is 3.87. The highest BCUT2D eigenvalue weighted by molar-refractivity contribution is 4.74. The van der Waals surface area contributed by atoms with Crippen molar-refractivity contribution in [1.29, 1.82) is 0 Å². The van der Waals surface area contributed by atoms with Gasteiger partial charge >= 0.3 is 0 Å². The van der Waals surface area contributed by atoms with Gasteiger partial charge in [0.1, 0.15) is 0 Å². The summed E-state index contributed by atoms with van der Waals surface area (Å²) in [6.45, 7) is 15.8. The van der Waals surface area contributed by atoms with Crippen LogP contribution in [-0.4, -0.2) is 58.0 Å². The maximum atomic E-state index is 6.01. The summed E-state index contributed by atoms with van der Waals surface area (Å²) >= 11 is 0. The summed E-state index contributed by atoms with van der Waals surface area (Å²) in [7, 11) is 0. The molecule has 29 heavy (non-hydrogen) atoms. The highest BCUT2D eigenvalue weighted by Crippen LogP contribution is 2.31. The second-order valence-corrected chi connectivity index (χ2v) is 7.88. The van der Waals surface area contributed by atoms with Gasteiger partial charge in [0.05, 0.1) is 0 Å². The van der Waals surface area contributed by atoms with Crippen LogP contribution in [0.25, 0.3) is 0 Å². The van der Waals surface area contributed by atoms with Crippen LogP contribution < -0.4 is 16.4 Å². The summed E-state index contributed by atoms with van der Waals surface area (Å²) in [4.78, 5) is 0. The molecule has 0 radical (unpaired) electrons. The standard InChI is InChI=1S/C23H51N3O3/c1-6-10-11-12-13-14-22(19-21(5)26-18-17-25-16-15-24)20-23(27-7-2,28-8-3)29-9-4/h21-22,25-26H,6-20,24H2,1-5H3. The van der Waals surface area contributed by atoms with Gasteiger partial charge in [-0.1, -0.05) is 45.4 Å². The van der Waals surface area contributed by atoms with Crippen molar-refractivity contribution in [2.45, 2.75) is 98.0 Å². The van der Waals surface area contributed by atoms with Crippen molar-refractivity contribution in [2.24, 2.45) is 11.7 Å². The minimum atomic E-state index is -0.908. The van der Waals surface area contributed by atoms with E-state index < -0.39 is 5.97 Å². The van der Waals surface area contributed by atoms with Crippen molar-refractivity contribution in [3.63, 3.8) is 0 Å². The van der Waals surface area contributed by atoms with Gasteiger partial charge in [-0.2, -0.15) is 0 Å². The Balaban J connectivity index is 4.81. The zero-order valence-electron chi connectivity index (χ0n) is 20.1. The summed E-state index contributed by atoms with van der Waals surface area (Å²) in [5.74, 6) is -0.407. The Bertz CT molecular complexity index is 328. The second-order valence-electron chi connectivity index (χ2n) is 7.88. The number of nitrogens with two attached hydrogens (primary N) is 1. The van der Waals surface area contributed by atoms with Gasteiger partial charge in [-0.3, -0.25) is 0 Å². The lowest BCUT2D eigenvalue weighted by Crippen LogP contribution is -2.43. The summed E-state index contributed by atoms with van der Waals surface area (Å²) in [5.41, 5.74) is 5.53. The Kier molecular flexibility index (Phi) is 19.5. The molecule has 6 heteroatoms. The molecule has 2 atom stereocenters. The summed E-state index contributed by atoms with van der Waals surface area (Å²) in [5, 5.41) is 6.98. The predicted octanol–water partition coefficient (Wildman–Crippen LogP) is 4.03. The van der Waals surface area contributed by atoms with Crippen molar-refractivity contribution >= 4 is 0 Å². The molecule has 0 aliphatic carbocycles. The first-order valence-electron chi connectivity index (χ1n) is 12.1. The average Bonchev–Trinajstić information content (AvgIpc) is 2.68. The highest BCUT2D eigenvalue weighted by Gasteiger charge is 2.36. The van der Waals surface area contributed by atoms with Crippen LogP contribution in [0.15, 0.2) is 0 Å². The molecule has 0 spiro atoms. The third-order valence-corrected chi connectivity index (χ3v) is 5.15. The van der Waals surface area contributed by atoms with Gasteiger partial charge in [0.2, 0.25) is 0 Å². The third-order valence-electron chi connectivity index (χ3n) is 5.15. The smallest absolute Gasteiger partial charge is 0.283 e. The van der Waals surface area contributed by atoms with Crippen LogP contribution in [0.3, 0.4) is 0 Å². The van der Waals surface area contributed by atoms with E-state index in [0.29, 0.717) is 38.3 Å². The molecule has 0 amide bonds. The fourth-order valence-electron chi connectivity index (χ4n) is 3.87. The Morgan fingerprint density at radius 1 is 0.828 bits per heavy atom.